The predicted molar refractivity (Wildman–Crippen MR) is 68.9 cm³/mol. The average Bonchev–Trinajstić information content (AvgIpc) is 2.69. The third kappa shape index (κ3) is 2.38. The van der Waals surface area contributed by atoms with Crippen LogP contribution in [0.5, 0.6) is 0 Å². The number of nitrogens with zero attached hydrogens (tertiary/aromatic N) is 1. The molecule has 1 aliphatic carbocycles. The molecule has 2 aliphatic heterocycles. The van der Waals surface area contributed by atoms with Gasteiger partial charge in [-0.05, 0) is 38.0 Å². The van der Waals surface area contributed by atoms with Gasteiger partial charge >= 0.3 is 0 Å². The summed E-state index contributed by atoms with van der Waals surface area (Å²) < 4.78 is 5.92. The lowest BCUT2D eigenvalue weighted by Gasteiger charge is -2.44. The van der Waals surface area contributed by atoms with Crippen molar-refractivity contribution in [1.29, 1.82) is 0 Å². The van der Waals surface area contributed by atoms with Crippen molar-refractivity contribution in [2.24, 2.45) is 11.7 Å². The molecule has 0 aromatic carbocycles. The third-order valence-electron chi connectivity index (χ3n) is 5.10. The summed E-state index contributed by atoms with van der Waals surface area (Å²) in [6.07, 6.45) is 8.73. The van der Waals surface area contributed by atoms with Crippen molar-refractivity contribution in [3.63, 3.8) is 0 Å². The van der Waals surface area contributed by atoms with Crippen LogP contribution in [0.2, 0.25) is 0 Å². The fourth-order valence-electron chi connectivity index (χ4n) is 3.96. The van der Waals surface area contributed by atoms with E-state index >= 15 is 0 Å². The maximum absolute atomic E-state index is 6.36. The summed E-state index contributed by atoms with van der Waals surface area (Å²) in [6.45, 7) is 4.58. The zero-order valence-corrected chi connectivity index (χ0v) is 11.0. The number of fused-ring (bicyclic) bond motifs is 2. The molecule has 5 unspecified atom stereocenters. The van der Waals surface area contributed by atoms with Crippen molar-refractivity contribution in [2.45, 2.75) is 69.7 Å². The standard InChI is InChI=1S/C14H26N2O/c1-2-10-3-6-13(15)14(7-10)16-8-11-4-5-12(9-16)17-11/h10-14H,2-9,15H2,1H3. The number of morpholine rings is 1. The Kier molecular flexibility index (Phi) is 3.42. The molecule has 0 aromatic rings. The molecule has 2 N–H and O–H groups in total. The predicted octanol–water partition coefficient (Wildman–Crippen LogP) is 1.76. The van der Waals surface area contributed by atoms with E-state index in [9.17, 15) is 0 Å². The van der Waals surface area contributed by atoms with E-state index in [-0.39, 0.29) is 0 Å². The van der Waals surface area contributed by atoms with E-state index in [0.717, 1.165) is 19.0 Å². The van der Waals surface area contributed by atoms with Crippen LogP contribution < -0.4 is 5.73 Å². The summed E-state index contributed by atoms with van der Waals surface area (Å²) in [6, 6.07) is 1.02. The topological polar surface area (TPSA) is 38.5 Å². The minimum atomic E-state index is 0.398. The van der Waals surface area contributed by atoms with Crippen LogP contribution in [0, 0.1) is 5.92 Å². The van der Waals surface area contributed by atoms with Gasteiger partial charge < -0.3 is 10.5 Å². The molecule has 3 fully saturated rings. The Morgan fingerprint density at radius 3 is 2.47 bits per heavy atom. The first-order valence-electron chi connectivity index (χ1n) is 7.41. The highest BCUT2D eigenvalue weighted by Gasteiger charge is 2.39. The second-order valence-electron chi connectivity index (χ2n) is 6.23. The van der Waals surface area contributed by atoms with Gasteiger partial charge in [0.25, 0.3) is 0 Å². The van der Waals surface area contributed by atoms with E-state index in [1.54, 1.807) is 0 Å². The van der Waals surface area contributed by atoms with Crippen molar-refractivity contribution >= 4 is 0 Å². The van der Waals surface area contributed by atoms with Crippen molar-refractivity contribution in [1.82, 2.24) is 4.90 Å². The molecule has 3 nitrogen and oxygen atoms in total. The average molecular weight is 238 g/mol. The van der Waals surface area contributed by atoms with Crippen LogP contribution in [0.1, 0.15) is 45.4 Å². The van der Waals surface area contributed by atoms with Crippen LogP contribution in [0.15, 0.2) is 0 Å². The van der Waals surface area contributed by atoms with Crippen LogP contribution in [-0.2, 0) is 4.74 Å². The fraction of sp³-hybridized carbons (Fsp3) is 1.00. The number of rotatable bonds is 2. The first-order chi connectivity index (χ1) is 8.26. The number of ether oxygens (including phenoxy) is 1. The van der Waals surface area contributed by atoms with Gasteiger partial charge in [0, 0.05) is 25.2 Å². The lowest BCUT2D eigenvalue weighted by atomic mass is 9.80. The molecule has 0 amide bonds. The Balaban J connectivity index is 1.65. The van der Waals surface area contributed by atoms with Crippen molar-refractivity contribution < 1.29 is 4.74 Å². The number of nitrogens with two attached hydrogens (primary N) is 1. The lowest BCUT2D eigenvalue weighted by molar-refractivity contribution is -0.0633. The van der Waals surface area contributed by atoms with E-state index in [2.05, 4.69) is 11.8 Å². The van der Waals surface area contributed by atoms with Gasteiger partial charge in [0.1, 0.15) is 0 Å². The van der Waals surface area contributed by atoms with Crippen LogP contribution in [-0.4, -0.2) is 42.3 Å². The van der Waals surface area contributed by atoms with Crippen LogP contribution >= 0.6 is 0 Å². The summed E-state index contributed by atoms with van der Waals surface area (Å²) in [5.41, 5.74) is 6.36. The molecule has 98 valence electrons. The maximum Gasteiger partial charge on any atom is 0.0707 e. The summed E-state index contributed by atoms with van der Waals surface area (Å²) in [7, 11) is 0. The molecule has 5 atom stereocenters. The van der Waals surface area contributed by atoms with Gasteiger partial charge in [-0.25, -0.2) is 0 Å². The van der Waals surface area contributed by atoms with E-state index < -0.39 is 0 Å². The van der Waals surface area contributed by atoms with E-state index in [0.29, 0.717) is 24.3 Å². The minimum absolute atomic E-state index is 0.398. The Bertz CT molecular complexity index is 259. The first-order valence-corrected chi connectivity index (χ1v) is 7.41. The highest BCUT2D eigenvalue weighted by Crippen LogP contribution is 2.33. The Hall–Kier alpha value is -0.120. The molecule has 3 heteroatoms. The summed E-state index contributed by atoms with van der Waals surface area (Å²) in [4.78, 5) is 2.65. The second-order valence-corrected chi connectivity index (χ2v) is 6.23. The van der Waals surface area contributed by atoms with Crippen molar-refractivity contribution in [3.05, 3.63) is 0 Å². The number of hydrogen-bond donors (Lipinski definition) is 1. The zero-order valence-electron chi connectivity index (χ0n) is 11.0. The molecule has 2 heterocycles. The molecular weight excluding hydrogens is 212 g/mol. The first kappa shape index (κ1) is 11.9. The molecule has 2 saturated heterocycles. The smallest absolute Gasteiger partial charge is 0.0707 e. The van der Waals surface area contributed by atoms with Crippen molar-refractivity contribution in [3.8, 4) is 0 Å². The third-order valence-corrected chi connectivity index (χ3v) is 5.10. The van der Waals surface area contributed by atoms with Crippen LogP contribution in [0.4, 0.5) is 0 Å². The molecule has 1 saturated carbocycles. The van der Waals surface area contributed by atoms with Crippen LogP contribution in [0.3, 0.4) is 0 Å². The molecule has 0 radical (unpaired) electrons. The molecule has 2 bridgehead atoms. The van der Waals surface area contributed by atoms with Gasteiger partial charge in [0.15, 0.2) is 0 Å². The molecule has 3 rings (SSSR count). The van der Waals surface area contributed by atoms with Gasteiger partial charge in [-0.1, -0.05) is 13.3 Å². The summed E-state index contributed by atoms with van der Waals surface area (Å²) >= 11 is 0. The SMILES string of the molecule is CCC1CCC(N)C(N2CC3CCC(C2)O3)C1. The van der Waals surface area contributed by atoms with Gasteiger partial charge in [-0.3, -0.25) is 4.90 Å². The number of hydrogen-bond acceptors (Lipinski definition) is 3. The van der Waals surface area contributed by atoms with Crippen molar-refractivity contribution in [2.75, 3.05) is 13.1 Å². The number of likely N-dealkylation sites (tertiary alicyclic amines) is 1. The quantitative estimate of drug-likeness (QED) is 0.796. The molecule has 17 heavy (non-hydrogen) atoms. The largest absolute Gasteiger partial charge is 0.372 e. The monoisotopic (exact) mass is 238 g/mol. The maximum atomic E-state index is 6.36. The van der Waals surface area contributed by atoms with Gasteiger partial charge in [0.05, 0.1) is 12.2 Å². The van der Waals surface area contributed by atoms with Gasteiger partial charge in [-0.2, -0.15) is 0 Å². The summed E-state index contributed by atoms with van der Waals surface area (Å²) in [5, 5.41) is 0. The van der Waals surface area contributed by atoms with E-state index in [1.807, 2.05) is 0 Å². The normalized spacial score (nSPS) is 47.3. The van der Waals surface area contributed by atoms with Gasteiger partial charge in [0.2, 0.25) is 0 Å². The second kappa shape index (κ2) is 4.87. The molecule has 3 aliphatic rings. The Labute approximate surface area is 105 Å². The zero-order chi connectivity index (χ0) is 11.8. The van der Waals surface area contributed by atoms with E-state index in [1.165, 1.54) is 38.5 Å². The highest BCUT2D eigenvalue weighted by molar-refractivity contribution is 4.94. The van der Waals surface area contributed by atoms with Crippen LogP contribution in [0.25, 0.3) is 0 Å². The minimum Gasteiger partial charge on any atom is -0.372 e. The van der Waals surface area contributed by atoms with Gasteiger partial charge in [-0.15, -0.1) is 0 Å². The van der Waals surface area contributed by atoms with E-state index in [4.69, 9.17) is 10.5 Å². The molecular formula is C14H26N2O. The fourth-order valence-corrected chi connectivity index (χ4v) is 3.96. The Morgan fingerprint density at radius 1 is 1.12 bits per heavy atom. The highest BCUT2D eigenvalue weighted by atomic mass is 16.5. The lowest BCUT2D eigenvalue weighted by Crippen LogP contribution is -2.56. The Morgan fingerprint density at radius 2 is 1.82 bits per heavy atom. The molecule has 0 aromatic heterocycles. The molecule has 0 spiro atoms. The summed E-state index contributed by atoms with van der Waals surface area (Å²) in [5.74, 6) is 0.903.